The number of benzene rings is 1. The van der Waals surface area contributed by atoms with Crippen LogP contribution in [0.15, 0.2) is 18.2 Å². The normalized spacial score (nSPS) is 14.6. The van der Waals surface area contributed by atoms with E-state index >= 15 is 0 Å². The molecule has 3 heteroatoms. The molecule has 0 saturated carbocycles. The van der Waals surface area contributed by atoms with E-state index < -0.39 is 12.0 Å². The fourth-order valence-electron chi connectivity index (χ4n) is 2.39. The summed E-state index contributed by atoms with van der Waals surface area (Å²) in [7, 11) is 1.88. The molecule has 0 bridgehead atoms. The Morgan fingerprint density at radius 2 is 1.78 bits per heavy atom. The first-order valence-corrected chi connectivity index (χ1v) is 6.39. The van der Waals surface area contributed by atoms with E-state index in [-0.39, 0.29) is 6.04 Å². The van der Waals surface area contributed by atoms with Gasteiger partial charge in [-0.1, -0.05) is 36.2 Å². The standard InChI is InChI=1S/C15H23NO2/c1-6-14(15(17)18)16(5)12(4)13-8-10(2)7-11(3)9-13/h7-9,12,14H,6H2,1-5H3,(H,17,18). The van der Waals surface area contributed by atoms with Gasteiger partial charge in [0, 0.05) is 6.04 Å². The van der Waals surface area contributed by atoms with E-state index in [0.29, 0.717) is 6.42 Å². The van der Waals surface area contributed by atoms with Gasteiger partial charge in [0.15, 0.2) is 0 Å². The lowest BCUT2D eigenvalue weighted by Gasteiger charge is -2.30. The van der Waals surface area contributed by atoms with Crippen molar-refractivity contribution >= 4 is 5.97 Å². The lowest BCUT2D eigenvalue weighted by molar-refractivity contribution is -0.143. The first-order chi connectivity index (χ1) is 8.36. The molecule has 0 spiro atoms. The van der Waals surface area contributed by atoms with Crippen LogP contribution in [0, 0.1) is 13.8 Å². The van der Waals surface area contributed by atoms with Crippen LogP contribution in [0.5, 0.6) is 0 Å². The Kier molecular flexibility index (Phi) is 4.91. The van der Waals surface area contributed by atoms with E-state index in [4.69, 9.17) is 0 Å². The second-order valence-corrected chi connectivity index (χ2v) is 5.02. The van der Waals surface area contributed by atoms with Gasteiger partial charge in [-0.2, -0.15) is 0 Å². The summed E-state index contributed by atoms with van der Waals surface area (Å²) in [6.45, 7) is 8.10. The van der Waals surface area contributed by atoms with Crippen LogP contribution in [0.1, 0.15) is 43.0 Å². The predicted molar refractivity (Wildman–Crippen MR) is 73.8 cm³/mol. The molecule has 0 amide bonds. The summed E-state index contributed by atoms with van der Waals surface area (Å²) in [6.07, 6.45) is 0.612. The van der Waals surface area contributed by atoms with E-state index in [1.807, 2.05) is 18.9 Å². The van der Waals surface area contributed by atoms with Crippen molar-refractivity contribution in [2.24, 2.45) is 0 Å². The number of aliphatic carboxylic acids is 1. The number of rotatable bonds is 5. The van der Waals surface area contributed by atoms with Gasteiger partial charge < -0.3 is 5.11 Å². The Morgan fingerprint density at radius 3 is 2.17 bits per heavy atom. The minimum Gasteiger partial charge on any atom is -0.480 e. The second kappa shape index (κ2) is 6.01. The Bertz CT molecular complexity index is 408. The number of hydrogen-bond donors (Lipinski definition) is 1. The van der Waals surface area contributed by atoms with Gasteiger partial charge in [-0.05, 0) is 39.8 Å². The maximum absolute atomic E-state index is 11.2. The molecule has 0 aromatic heterocycles. The molecule has 1 N–H and O–H groups in total. The van der Waals surface area contributed by atoms with Crippen molar-refractivity contribution in [1.29, 1.82) is 0 Å². The number of aryl methyl sites for hydroxylation is 2. The maximum atomic E-state index is 11.2. The zero-order valence-electron chi connectivity index (χ0n) is 11.9. The molecule has 2 unspecified atom stereocenters. The molecule has 2 atom stereocenters. The highest BCUT2D eigenvalue weighted by atomic mass is 16.4. The number of nitrogens with zero attached hydrogens (tertiary/aromatic N) is 1. The van der Waals surface area contributed by atoms with Gasteiger partial charge in [-0.15, -0.1) is 0 Å². The fourth-order valence-corrected chi connectivity index (χ4v) is 2.39. The number of hydrogen-bond acceptors (Lipinski definition) is 2. The van der Waals surface area contributed by atoms with E-state index in [0.717, 1.165) is 0 Å². The molecule has 0 radical (unpaired) electrons. The molecule has 0 aliphatic heterocycles. The Hall–Kier alpha value is -1.35. The first kappa shape index (κ1) is 14.7. The highest BCUT2D eigenvalue weighted by molar-refractivity contribution is 5.73. The van der Waals surface area contributed by atoms with Gasteiger partial charge in [-0.25, -0.2) is 0 Å². The molecular weight excluding hydrogens is 226 g/mol. The van der Waals surface area contributed by atoms with Crippen LogP contribution in [-0.4, -0.2) is 29.1 Å². The van der Waals surface area contributed by atoms with Crippen molar-refractivity contribution in [1.82, 2.24) is 4.90 Å². The molecule has 0 aliphatic carbocycles. The van der Waals surface area contributed by atoms with Crippen molar-refractivity contribution in [3.63, 3.8) is 0 Å². The van der Waals surface area contributed by atoms with Gasteiger partial charge in [-0.3, -0.25) is 9.69 Å². The Labute approximate surface area is 109 Å². The highest BCUT2D eigenvalue weighted by Crippen LogP contribution is 2.24. The molecule has 0 fully saturated rings. The Morgan fingerprint density at radius 1 is 1.28 bits per heavy atom. The van der Waals surface area contributed by atoms with E-state index in [1.165, 1.54) is 16.7 Å². The first-order valence-electron chi connectivity index (χ1n) is 6.39. The molecule has 18 heavy (non-hydrogen) atoms. The van der Waals surface area contributed by atoms with Crippen LogP contribution in [0.25, 0.3) is 0 Å². The van der Waals surface area contributed by atoms with Crippen LogP contribution in [0.3, 0.4) is 0 Å². The molecule has 0 heterocycles. The van der Waals surface area contributed by atoms with Crippen molar-refractivity contribution < 1.29 is 9.90 Å². The van der Waals surface area contributed by atoms with E-state index in [9.17, 15) is 9.90 Å². The van der Waals surface area contributed by atoms with Crippen molar-refractivity contribution in [2.75, 3.05) is 7.05 Å². The minimum atomic E-state index is -0.753. The molecular formula is C15H23NO2. The van der Waals surface area contributed by atoms with Crippen LogP contribution < -0.4 is 0 Å². The molecule has 3 nitrogen and oxygen atoms in total. The van der Waals surface area contributed by atoms with Gasteiger partial charge in [0.25, 0.3) is 0 Å². The largest absolute Gasteiger partial charge is 0.480 e. The predicted octanol–water partition coefficient (Wildman–Crippen LogP) is 3.16. The lowest BCUT2D eigenvalue weighted by atomic mass is 10.00. The maximum Gasteiger partial charge on any atom is 0.320 e. The van der Waals surface area contributed by atoms with Crippen molar-refractivity contribution in [2.45, 2.75) is 46.2 Å². The van der Waals surface area contributed by atoms with Gasteiger partial charge in [0.05, 0.1) is 0 Å². The SMILES string of the molecule is CCC(C(=O)O)N(C)C(C)c1cc(C)cc(C)c1. The fraction of sp³-hybridized carbons (Fsp3) is 0.533. The monoisotopic (exact) mass is 249 g/mol. The summed E-state index contributed by atoms with van der Waals surface area (Å²) in [5.74, 6) is -0.753. The molecule has 1 aromatic rings. The highest BCUT2D eigenvalue weighted by Gasteiger charge is 2.25. The molecule has 0 aliphatic rings. The zero-order valence-corrected chi connectivity index (χ0v) is 11.9. The van der Waals surface area contributed by atoms with E-state index in [1.54, 1.807) is 0 Å². The third-order valence-corrected chi connectivity index (χ3v) is 3.50. The topological polar surface area (TPSA) is 40.5 Å². The molecule has 1 aromatic carbocycles. The smallest absolute Gasteiger partial charge is 0.320 e. The number of carboxylic acid groups (broad SMARTS) is 1. The number of carboxylic acids is 1. The summed E-state index contributed by atoms with van der Waals surface area (Å²) in [5.41, 5.74) is 3.61. The second-order valence-electron chi connectivity index (χ2n) is 5.02. The average Bonchev–Trinajstić information content (AvgIpc) is 2.26. The summed E-state index contributed by atoms with van der Waals surface area (Å²) in [6, 6.07) is 6.06. The van der Waals surface area contributed by atoms with Crippen LogP contribution in [-0.2, 0) is 4.79 Å². The number of carbonyl (C=O) groups is 1. The molecule has 100 valence electrons. The van der Waals surface area contributed by atoms with Gasteiger partial charge in [0.2, 0.25) is 0 Å². The third-order valence-electron chi connectivity index (χ3n) is 3.50. The van der Waals surface area contributed by atoms with Crippen LogP contribution >= 0.6 is 0 Å². The summed E-state index contributed by atoms with van der Waals surface area (Å²) in [4.78, 5) is 13.1. The summed E-state index contributed by atoms with van der Waals surface area (Å²) in [5, 5.41) is 9.21. The average molecular weight is 249 g/mol. The lowest BCUT2D eigenvalue weighted by Crippen LogP contribution is -2.39. The van der Waals surface area contributed by atoms with Gasteiger partial charge >= 0.3 is 5.97 Å². The molecule has 1 rings (SSSR count). The Balaban J connectivity index is 2.98. The van der Waals surface area contributed by atoms with Crippen molar-refractivity contribution in [3.05, 3.63) is 34.9 Å². The quantitative estimate of drug-likeness (QED) is 0.871. The molecule has 0 saturated heterocycles. The number of likely N-dealkylation sites (N-methyl/N-ethyl adjacent to an activating group) is 1. The third kappa shape index (κ3) is 3.33. The zero-order chi connectivity index (χ0) is 13.9. The van der Waals surface area contributed by atoms with E-state index in [2.05, 4.69) is 39.0 Å². The van der Waals surface area contributed by atoms with Crippen LogP contribution in [0.4, 0.5) is 0 Å². The minimum absolute atomic E-state index is 0.102. The van der Waals surface area contributed by atoms with Crippen LogP contribution in [0.2, 0.25) is 0 Å². The summed E-state index contributed by atoms with van der Waals surface area (Å²) < 4.78 is 0. The summed E-state index contributed by atoms with van der Waals surface area (Å²) >= 11 is 0. The van der Waals surface area contributed by atoms with Crippen molar-refractivity contribution in [3.8, 4) is 0 Å². The van der Waals surface area contributed by atoms with Gasteiger partial charge in [0.1, 0.15) is 6.04 Å².